The molecule has 2 aliphatic carbocycles. The van der Waals surface area contributed by atoms with Gasteiger partial charge in [0.1, 0.15) is 17.5 Å². The summed E-state index contributed by atoms with van der Waals surface area (Å²) < 4.78 is 30.6. The van der Waals surface area contributed by atoms with Crippen LogP contribution in [-0.4, -0.2) is 77.1 Å². The van der Waals surface area contributed by atoms with Gasteiger partial charge < -0.3 is 30.6 Å². The first kappa shape index (κ1) is 31.0. The van der Waals surface area contributed by atoms with Crippen molar-refractivity contribution in [3.05, 3.63) is 30.0 Å². The summed E-state index contributed by atoms with van der Waals surface area (Å²) in [6, 6.07) is 3.77. The third kappa shape index (κ3) is 6.53. The van der Waals surface area contributed by atoms with Crippen LogP contribution in [0.4, 0.5) is 8.78 Å². The molecule has 242 valence electrons. The van der Waals surface area contributed by atoms with Crippen LogP contribution in [-0.2, 0) is 19.2 Å². The van der Waals surface area contributed by atoms with Crippen molar-refractivity contribution in [2.45, 2.75) is 88.9 Å². The highest BCUT2D eigenvalue weighted by molar-refractivity contribution is 6.38. The van der Waals surface area contributed by atoms with Gasteiger partial charge in [-0.15, -0.1) is 0 Å². The Labute approximate surface area is 259 Å². The molecule has 0 radical (unpaired) electrons. The number of halogens is 2. The minimum atomic E-state index is -3.04. The summed E-state index contributed by atoms with van der Waals surface area (Å²) in [7, 11) is 0. The standard InChI is InChI=1S/C32H39F2N5O6/c33-32(34)45-25-11-5-10-22-21(25)15-24(37-22)31(44)39-16-18-6-4-9-20(18)26(39)29(42)38-23(14-17-12-13-35-28(17)41)27(40)30(43)36-19-7-2-1-3-8-19/h5,10-11,15,17-20,23,26,32,37H,1-4,6-9,12-14,16H2,(H,35,41)(H,36,43)(H,38,42)/t17?,18-,20-,23-,26-/m0/s1. The quantitative estimate of drug-likeness (QED) is 0.298. The molecule has 45 heavy (non-hydrogen) atoms. The Morgan fingerprint density at radius 1 is 1.02 bits per heavy atom. The van der Waals surface area contributed by atoms with Crippen LogP contribution in [0.5, 0.6) is 5.75 Å². The van der Waals surface area contributed by atoms with Crippen molar-refractivity contribution in [3.63, 3.8) is 0 Å². The maximum atomic E-state index is 14.1. The second-order valence-electron chi connectivity index (χ2n) is 12.8. The van der Waals surface area contributed by atoms with Gasteiger partial charge >= 0.3 is 6.61 Å². The molecule has 11 nitrogen and oxygen atoms in total. The molecule has 4 amide bonds. The van der Waals surface area contributed by atoms with Crippen LogP contribution in [0.1, 0.15) is 74.7 Å². The molecule has 3 heterocycles. The van der Waals surface area contributed by atoms with Gasteiger partial charge in [-0.25, -0.2) is 0 Å². The van der Waals surface area contributed by atoms with E-state index in [1.807, 2.05) is 0 Å². The molecule has 2 saturated heterocycles. The molecular weight excluding hydrogens is 588 g/mol. The van der Waals surface area contributed by atoms with E-state index >= 15 is 0 Å². The molecular formula is C32H39F2N5O6. The number of Topliss-reactive ketones (excluding diaryl/α,β-unsaturated/α-hetero) is 1. The Morgan fingerprint density at radius 2 is 1.82 bits per heavy atom. The predicted molar refractivity (Wildman–Crippen MR) is 158 cm³/mol. The van der Waals surface area contributed by atoms with Crippen molar-refractivity contribution in [2.24, 2.45) is 17.8 Å². The van der Waals surface area contributed by atoms with Crippen molar-refractivity contribution in [2.75, 3.05) is 13.1 Å². The van der Waals surface area contributed by atoms with Crippen molar-refractivity contribution in [1.82, 2.24) is 25.8 Å². The summed E-state index contributed by atoms with van der Waals surface area (Å²) in [6.07, 6.45) is 7.51. The smallest absolute Gasteiger partial charge is 0.387 e. The number of nitrogens with zero attached hydrogens (tertiary/aromatic N) is 1. The van der Waals surface area contributed by atoms with E-state index in [9.17, 15) is 32.8 Å². The number of fused-ring (bicyclic) bond motifs is 2. The van der Waals surface area contributed by atoms with Gasteiger partial charge in [-0.1, -0.05) is 31.7 Å². The molecule has 4 fully saturated rings. The van der Waals surface area contributed by atoms with E-state index in [1.165, 1.54) is 23.1 Å². The monoisotopic (exact) mass is 627 g/mol. The number of aromatic nitrogens is 1. The summed E-state index contributed by atoms with van der Waals surface area (Å²) in [5, 5.41) is 8.67. The summed E-state index contributed by atoms with van der Waals surface area (Å²) in [4.78, 5) is 71.5. The molecule has 6 rings (SSSR count). The number of nitrogens with one attached hydrogen (secondary N) is 4. The molecule has 1 aromatic carbocycles. The lowest BCUT2D eigenvalue weighted by atomic mass is 9.91. The number of carbonyl (C=O) groups excluding carboxylic acids is 5. The third-order valence-electron chi connectivity index (χ3n) is 9.97. The zero-order valence-electron chi connectivity index (χ0n) is 25.0. The van der Waals surface area contributed by atoms with Gasteiger partial charge in [0.15, 0.2) is 0 Å². The highest BCUT2D eigenvalue weighted by atomic mass is 19.3. The van der Waals surface area contributed by atoms with E-state index in [2.05, 4.69) is 25.7 Å². The van der Waals surface area contributed by atoms with Crippen LogP contribution in [0, 0.1) is 17.8 Å². The molecule has 4 N–H and O–H groups in total. The normalized spacial score (nSPS) is 25.7. The largest absolute Gasteiger partial charge is 0.434 e. The van der Waals surface area contributed by atoms with Gasteiger partial charge in [0, 0.05) is 36.0 Å². The topological polar surface area (TPSA) is 150 Å². The van der Waals surface area contributed by atoms with E-state index in [-0.39, 0.29) is 41.6 Å². The van der Waals surface area contributed by atoms with E-state index < -0.39 is 48.1 Å². The van der Waals surface area contributed by atoms with Crippen molar-refractivity contribution >= 4 is 40.3 Å². The minimum absolute atomic E-state index is 0.0157. The number of likely N-dealkylation sites (tertiary alicyclic amines) is 1. The average molecular weight is 628 g/mol. The molecule has 1 aromatic heterocycles. The fourth-order valence-corrected chi connectivity index (χ4v) is 7.75. The minimum Gasteiger partial charge on any atom is -0.434 e. The second-order valence-corrected chi connectivity index (χ2v) is 12.8. The fraction of sp³-hybridized carbons (Fsp3) is 0.594. The second kappa shape index (κ2) is 13.1. The summed E-state index contributed by atoms with van der Waals surface area (Å²) in [5.74, 6) is -3.48. The van der Waals surface area contributed by atoms with E-state index in [0.29, 0.717) is 30.4 Å². The molecule has 5 atom stereocenters. The molecule has 0 spiro atoms. The first-order valence-corrected chi connectivity index (χ1v) is 16.0. The molecule has 2 aromatic rings. The van der Waals surface area contributed by atoms with Crippen LogP contribution < -0.4 is 20.7 Å². The number of hydrogen-bond acceptors (Lipinski definition) is 6. The van der Waals surface area contributed by atoms with Gasteiger partial charge in [0.05, 0.1) is 6.04 Å². The lowest BCUT2D eigenvalue weighted by Gasteiger charge is -2.29. The summed E-state index contributed by atoms with van der Waals surface area (Å²) >= 11 is 0. The molecule has 1 unspecified atom stereocenters. The van der Waals surface area contributed by atoms with Gasteiger partial charge in [0.2, 0.25) is 17.6 Å². The lowest BCUT2D eigenvalue weighted by Crippen LogP contribution is -2.56. The number of ether oxygens (including phenoxy) is 1. The maximum absolute atomic E-state index is 14.1. The maximum Gasteiger partial charge on any atom is 0.387 e. The van der Waals surface area contributed by atoms with Gasteiger partial charge in [0.25, 0.3) is 11.8 Å². The average Bonchev–Trinajstić information content (AvgIpc) is 3.81. The number of carbonyl (C=O) groups is 5. The Bertz CT molecular complexity index is 1470. The SMILES string of the molecule is O=C(NC1CCCCC1)C(=O)[C@H](CC1CCNC1=O)NC(=O)[C@@H]1[C@H]2CCC[C@H]2CN1C(=O)c1cc2c(OC(F)F)cccc2[nH]1. The van der Waals surface area contributed by atoms with E-state index in [1.54, 1.807) is 6.07 Å². The van der Waals surface area contributed by atoms with Gasteiger partial charge in [-0.2, -0.15) is 8.78 Å². The first-order chi connectivity index (χ1) is 21.7. The van der Waals surface area contributed by atoms with Crippen molar-refractivity contribution < 1.29 is 37.5 Å². The number of rotatable bonds is 10. The number of aromatic amines is 1. The van der Waals surface area contributed by atoms with Crippen molar-refractivity contribution in [1.29, 1.82) is 0 Å². The predicted octanol–water partition coefficient (Wildman–Crippen LogP) is 3.04. The highest BCUT2D eigenvalue weighted by Gasteiger charge is 2.50. The number of amides is 4. The number of ketones is 1. The number of benzene rings is 1. The highest BCUT2D eigenvalue weighted by Crippen LogP contribution is 2.43. The zero-order valence-corrected chi connectivity index (χ0v) is 25.0. The lowest BCUT2D eigenvalue weighted by molar-refractivity contribution is -0.141. The molecule has 2 saturated carbocycles. The summed E-state index contributed by atoms with van der Waals surface area (Å²) in [6.45, 7) is -2.26. The summed E-state index contributed by atoms with van der Waals surface area (Å²) in [5.41, 5.74) is 0.552. The number of hydrogen-bond donors (Lipinski definition) is 4. The first-order valence-electron chi connectivity index (χ1n) is 16.0. The van der Waals surface area contributed by atoms with Crippen LogP contribution in [0.3, 0.4) is 0 Å². The molecule has 4 aliphatic rings. The molecule has 2 aliphatic heterocycles. The Kier molecular flexibility index (Phi) is 9.04. The van der Waals surface area contributed by atoms with Crippen LogP contribution >= 0.6 is 0 Å². The van der Waals surface area contributed by atoms with Crippen LogP contribution in [0.2, 0.25) is 0 Å². The Hall–Kier alpha value is -4.03. The fourth-order valence-electron chi connectivity index (χ4n) is 7.75. The van der Waals surface area contributed by atoms with Gasteiger partial charge in [-0.05, 0) is 68.6 Å². The van der Waals surface area contributed by atoms with E-state index in [4.69, 9.17) is 0 Å². The van der Waals surface area contributed by atoms with Crippen LogP contribution in [0.15, 0.2) is 24.3 Å². The Morgan fingerprint density at radius 3 is 2.56 bits per heavy atom. The number of alkyl halides is 2. The zero-order chi connectivity index (χ0) is 31.7. The Balaban J connectivity index is 1.23. The van der Waals surface area contributed by atoms with Gasteiger partial charge in [-0.3, -0.25) is 24.0 Å². The molecule has 0 bridgehead atoms. The number of H-pyrrole nitrogens is 1. The third-order valence-corrected chi connectivity index (χ3v) is 9.97. The van der Waals surface area contributed by atoms with E-state index in [0.717, 1.165) is 51.4 Å². The molecule has 13 heteroatoms. The van der Waals surface area contributed by atoms with Crippen LogP contribution in [0.25, 0.3) is 10.9 Å². The van der Waals surface area contributed by atoms with Crippen molar-refractivity contribution in [3.8, 4) is 5.75 Å².